The number of amides is 1. The van der Waals surface area contributed by atoms with E-state index >= 15 is 0 Å². The number of nitrogens with one attached hydrogen (secondary N) is 1. The first kappa shape index (κ1) is 21.5. The van der Waals surface area contributed by atoms with Crippen LogP contribution in [0.3, 0.4) is 0 Å². The van der Waals surface area contributed by atoms with Crippen molar-refractivity contribution in [1.82, 2.24) is 15.3 Å². The number of oxazole rings is 1. The van der Waals surface area contributed by atoms with Gasteiger partial charge in [0.2, 0.25) is 20.8 Å². The highest BCUT2D eigenvalue weighted by Crippen LogP contribution is 2.31. The van der Waals surface area contributed by atoms with Crippen molar-refractivity contribution in [3.05, 3.63) is 95.4 Å². The van der Waals surface area contributed by atoms with Gasteiger partial charge in [-0.25, -0.2) is 13.4 Å². The topological polar surface area (TPSA) is 102 Å². The molecule has 0 aliphatic rings. The number of hydrogen-bond donors (Lipinski definition) is 1. The van der Waals surface area contributed by atoms with Crippen LogP contribution < -0.4 is 5.32 Å². The monoisotopic (exact) mass is 447 g/mol. The van der Waals surface area contributed by atoms with Crippen molar-refractivity contribution in [1.29, 1.82) is 0 Å². The summed E-state index contributed by atoms with van der Waals surface area (Å²) in [6.07, 6.45) is 3.33. The van der Waals surface area contributed by atoms with Crippen LogP contribution in [-0.4, -0.2) is 24.3 Å². The lowest BCUT2D eigenvalue weighted by Gasteiger charge is -2.08. The lowest BCUT2D eigenvalue weighted by Crippen LogP contribution is -2.23. The second-order valence-corrected chi connectivity index (χ2v) is 9.15. The summed E-state index contributed by atoms with van der Waals surface area (Å²) in [6, 6.07) is 16.9. The van der Waals surface area contributed by atoms with Gasteiger partial charge in [-0.1, -0.05) is 35.9 Å². The summed E-state index contributed by atoms with van der Waals surface area (Å²) in [5.74, 6) is -0.261. The molecule has 2 aromatic carbocycles. The maximum atomic E-state index is 13.1. The molecule has 8 heteroatoms. The SMILES string of the molecule is Cc1ccc(S(=O)(=O)c2oc(-c3ccccc3C(=O)NCc3cccnc3)nc2C)cc1. The van der Waals surface area contributed by atoms with Gasteiger partial charge >= 0.3 is 0 Å². The zero-order valence-corrected chi connectivity index (χ0v) is 18.4. The van der Waals surface area contributed by atoms with Gasteiger partial charge in [-0.2, -0.15) is 0 Å². The molecule has 4 aromatic rings. The van der Waals surface area contributed by atoms with Crippen LogP contribution in [0.1, 0.15) is 27.2 Å². The Morgan fingerprint density at radius 3 is 2.47 bits per heavy atom. The van der Waals surface area contributed by atoms with Gasteiger partial charge in [0.05, 0.1) is 16.2 Å². The Hall–Kier alpha value is -3.78. The number of hydrogen-bond acceptors (Lipinski definition) is 6. The van der Waals surface area contributed by atoms with E-state index in [-0.39, 0.29) is 27.5 Å². The molecule has 0 unspecified atom stereocenters. The van der Waals surface area contributed by atoms with Crippen molar-refractivity contribution in [2.24, 2.45) is 0 Å². The van der Waals surface area contributed by atoms with Crippen molar-refractivity contribution >= 4 is 15.7 Å². The van der Waals surface area contributed by atoms with E-state index in [1.54, 1.807) is 61.8 Å². The zero-order chi connectivity index (χ0) is 22.7. The van der Waals surface area contributed by atoms with Crippen molar-refractivity contribution in [2.75, 3.05) is 0 Å². The number of carbonyl (C=O) groups is 1. The lowest BCUT2D eigenvalue weighted by molar-refractivity contribution is 0.0951. The minimum Gasteiger partial charge on any atom is -0.424 e. The highest BCUT2D eigenvalue weighted by atomic mass is 32.2. The minimum absolute atomic E-state index is 0.0697. The molecular weight excluding hydrogens is 426 g/mol. The largest absolute Gasteiger partial charge is 0.424 e. The first-order valence-electron chi connectivity index (χ1n) is 9.92. The number of aromatic nitrogens is 2. The Labute approximate surface area is 186 Å². The second-order valence-electron chi connectivity index (χ2n) is 7.30. The maximum Gasteiger partial charge on any atom is 0.252 e. The average Bonchev–Trinajstić information content (AvgIpc) is 3.21. The number of sulfone groups is 1. The molecule has 162 valence electrons. The van der Waals surface area contributed by atoms with E-state index in [4.69, 9.17) is 4.42 Å². The smallest absolute Gasteiger partial charge is 0.252 e. The fraction of sp³-hybridized carbons (Fsp3) is 0.125. The summed E-state index contributed by atoms with van der Waals surface area (Å²) < 4.78 is 31.9. The molecule has 1 amide bonds. The molecule has 1 N–H and O–H groups in total. The van der Waals surface area contributed by atoms with Crippen LogP contribution in [0.15, 0.2) is 87.5 Å². The molecular formula is C24H21N3O4S. The van der Waals surface area contributed by atoms with Crippen molar-refractivity contribution < 1.29 is 17.6 Å². The molecule has 4 rings (SSSR count). The fourth-order valence-corrected chi connectivity index (χ4v) is 4.55. The zero-order valence-electron chi connectivity index (χ0n) is 17.6. The molecule has 0 saturated carbocycles. The molecule has 0 saturated heterocycles. The number of carbonyl (C=O) groups excluding carboxylic acids is 1. The average molecular weight is 448 g/mol. The number of aryl methyl sites for hydroxylation is 2. The number of benzene rings is 2. The third kappa shape index (κ3) is 4.31. The molecule has 7 nitrogen and oxygen atoms in total. The standard InChI is InChI=1S/C24H21N3O4S/c1-16-9-11-19(12-10-16)32(29,30)24-17(2)27-23(31-24)21-8-4-3-7-20(21)22(28)26-15-18-6-5-13-25-14-18/h3-14H,15H2,1-2H3,(H,26,28). The molecule has 0 aliphatic carbocycles. The van der Waals surface area contributed by atoms with Crippen molar-refractivity contribution in [3.8, 4) is 11.5 Å². The molecule has 0 aliphatic heterocycles. The summed E-state index contributed by atoms with van der Waals surface area (Å²) in [6.45, 7) is 3.75. The highest BCUT2D eigenvalue weighted by molar-refractivity contribution is 7.91. The molecule has 0 radical (unpaired) electrons. The van der Waals surface area contributed by atoms with Gasteiger partial charge in [0.1, 0.15) is 0 Å². The Morgan fingerprint density at radius 1 is 1.00 bits per heavy atom. The van der Waals surface area contributed by atoms with Gasteiger partial charge in [-0.05, 0) is 49.7 Å². The Balaban J connectivity index is 1.65. The molecule has 0 fully saturated rings. The van der Waals surface area contributed by atoms with Gasteiger partial charge < -0.3 is 9.73 Å². The summed E-state index contributed by atoms with van der Waals surface area (Å²) in [4.78, 5) is 21.3. The second kappa shape index (κ2) is 8.76. The van der Waals surface area contributed by atoms with Gasteiger partial charge in [0.25, 0.3) is 5.91 Å². The molecule has 2 heterocycles. The summed E-state index contributed by atoms with van der Waals surface area (Å²) in [7, 11) is -3.89. The van der Waals surface area contributed by atoms with E-state index in [0.29, 0.717) is 17.7 Å². The quantitative estimate of drug-likeness (QED) is 0.477. The third-order valence-corrected chi connectivity index (χ3v) is 6.67. The van der Waals surface area contributed by atoms with Crippen molar-refractivity contribution in [3.63, 3.8) is 0 Å². The molecule has 2 aromatic heterocycles. The first-order valence-corrected chi connectivity index (χ1v) is 11.4. The normalized spacial score (nSPS) is 11.3. The fourth-order valence-electron chi connectivity index (χ4n) is 3.22. The van der Waals surface area contributed by atoms with Crippen LogP contribution in [0.2, 0.25) is 0 Å². The summed E-state index contributed by atoms with van der Waals surface area (Å²) >= 11 is 0. The van der Waals surface area contributed by atoms with E-state index in [1.165, 1.54) is 12.1 Å². The maximum absolute atomic E-state index is 13.1. The Bertz CT molecular complexity index is 1360. The van der Waals surface area contributed by atoms with Crippen LogP contribution >= 0.6 is 0 Å². The Kier molecular flexibility index (Phi) is 5.87. The number of rotatable bonds is 6. The predicted octanol–water partition coefficient (Wildman–Crippen LogP) is 4.12. The highest BCUT2D eigenvalue weighted by Gasteiger charge is 2.27. The van der Waals surface area contributed by atoms with E-state index in [9.17, 15) is 13.2 Å². The van der Waals surface area contributed by atoms with Gasteiger partial charge in [-0.3, -0.25) is 9.78 Å². The van der Waals surface area contributed by atoms with Crippen molar-refractivity contribution in [2.45, 2.75) is 30.4 Å². The lowest BCUT2D eigenvalue weighted by atomic mass is 10.1. The Morgan fingerprint density at radius 2 is 1.75 bits per heavy atom. The van der Waals surface area contributed by atoms with Crippen LogP contribution in [0, 0.1) is 13.8 Å². The predicted molar refractivity (Wildman–Crippen MR) is 119 cm³/mol. The number of pyridine rings is 1. The van der Waals surface area contributed by atoms with E-state index in [0.717, 1.165) is 11.1 Å². The molecule has 0 atom stereocenters. The van der Waals surface area contributed by atoms with E-state index in [1.807, 2.05) is 13.0 Å². The minimum atomic E-state index is -3.89. The van der Waals surface area contributed by atoms with Gasteiger partial charge in [0.15, 0.2) is 0 Å². The number of nitrogens with zero attached hydrogens (tertiary/aromatic N) is 2. The summed E-state index contributed by atoms with van der Waals surface area (Å²) in [5, 5.41) is 2.61. The molecule has 32 heavy (non-hydrogen) atoms. The van der Waals surface area contributed by atoms with Gasteiger partial charge in [-0.15, -0.1) is 0 Å². The van der Waals surface area contributed by atoms with Crippen LogP contribution in [0.4, 0.5) is 0 Å². The molecule has 0 spiro atoms. The molecule has 0 bridgehead atoms. The van der Waals surface area contributed by atoms with Crippen LogP contribution in [0.25, 0.3) is 11.5 Å². The van der Waals surface area contributed by atoms with E-state index < -0.39 is 9.84 Å². The first-order chi connectivity index (χ1) is 15.4. The van der Waals surface area contributed by atoms with E-state index in [2.05, 4.69) is 15.3 Å². The summed E-state index contributed by atoms with van der Waals surface area (Å²) in [5.41, 5.74) is 2.77. The third-order valence-electron chi connectivity index (χ3n) is 4.91. The van der Waals surface area contributed by atoms with Gasteiger partial charge in [0, 0.05) is 24.5 Å². The van der Waals surface area contributed by atoms with Crippen LogP contribution in [0.5, 0.6) is 0 Å². The van der Waals surface area contributed by atoms with Crippen LogP contribution in [-0.2, 0) is 16.4 Å².